The molecule has 0 unspecified atom stereocenters. The van der Waals surface area contributed by atoms with Crippen LogP contribution in [0.2, 0.25) is 15.8 Å². The molecule has 59 valence electrons. The van der Waals surface area contributed by atoms with Crippen LogP contribution in [0.4, 0.5) is 0 Å². The van der Waals surface area contributed by atoms with Gasteiger partial charge in [-0.1, -0.05) is 36.6 Å². The second kappa shape index (κ2) is 9.98. The van der Waals surface area contributed by atoms with E-state index in [1.54, 1.807) is 0 Å². The van der Waals surface area contributed by atoms with Crippen LogP contribution >= 0.6 is 0 Å². The molecule has 0 heterocycles. The summed E-state index contributed by atoms with van der Waals surface area (Å²) in [4.78, 5) is 0. The standard InChI is InChI=1S/3C2H5.2Al.H2O.O/c3*1-2;;;;/h3*1H2,2H3;;;1H2;. The maximum Gasteiger partial charge on any atom is 0.429 e. The van der Waals surface area contributed by atoms with Gasteiger partial charge in [0.1, 0.15) is 0 Å². The third-order valence-electron chi connectivity index (χ3n) is 1.37. The van der Waals surface area contributed by atoms with Crippen LogP contribution in [0.5, 0.6) is 0 Å². The molecule has 10 heavy (non-hydrogen) atoms. The van der Waals surface area contributed by atoms with Gasteiger partial charge in [0.05, 0.1) is 0 Å². The summed E-state index contributed by atoms with van der Waals surface area (Å²) < 4.78 is 5.71. The largest absolute Gasteiger partial charge is 0.643 e. The summed E-state index contributed by atoms with van der Waals surface area (Å²) >= 11 is -0.330. The average molecular weight is 175 g/mol. The van der Waals surface area contributed by atoms with E-state index >= 15 is 0 Å². The van der Waals surface area contributed by atoms with Crippen molar-refractivity contribution in [2.45, 2.75) is 36.6 Å². The van der Waals surface area contributed by atoms with Crippen LogP contribution in [0, 0.1) is 0 Å². The summed E-state index contributed by atoms with van der Waals surface area (Å²) in [6, 6.07) is 0. The van der Waals surface area contributed by atoms with Crippen molar-refractivity contribution in [2.75, 3.05) is 0 Å². The quantitative estimate of drug-likeness (QED) is 0.580. The molecule has 0 aromatic carbocycles. The molecule has 0 saturated carbocycles. The van der Waals surface area contributed by atoms with Crippen molar-refractivity contribution >= 4 is 30.0 Å². The Balaban J connectivity index is 0. The fourth-order valence-electron chi connectivity index (χ4n) is 0.713. The Morgan fingerprint density at radius 3 is 2.00 bits per heavy atom. The molecule has 0 aromatic heterocycles. The zero-order valence-corrected chi connectivity index (χ0v) is 9.49. The molecule has 0 amide bonds. The maximum atomic E-state index is 5.71. The Morgan fingerprint density at radius 2 is 1.70 bits per heavy atom. The Labute approximate surface area is 75.0 Å². The highest BCUT2D eigenvalue weighted by Crippen LogP contribution is 1.98. The molecule has 1 radical (unpaired) electrons. The van der Waals surface area contributed by atoms with Gasteiger partial charge in [-0.05, 0) is 0 Å². The van der Waals surface area contributed by atoms with Crippen LogP contribution in [-0.4, -0.2) is 35.5 Å². The van der Waals surface area contributed by atoms with Crippen LogP contribution in [0.1, 0.15) is 20.8 Å². The minimum absolute atomic E-state index is 0. The van der Waals surface area contributed by atoms with Gasteiger partial charge >= 0.3 is 30.0 Å². The fourth-order valence-corrected chi connectivity index (χ4v) is 4.69. The fraction of sp³-hybridized carbons (Fsp3) is 1.00. The van der Waals surface area contributed by atoms with Crippen molar-refractivity contribution < 1.29 is 8.32 Å². The maximum absolute atomic E-state index is 5.71. The van der Waals surface area contributed by atoms with Gasteiger partial charge in [-0.25, -0.2) is 0 Å². The molecule has 2 N–H and O–H groups in total. The van der Waals surface area contributed by atoms with Crippen LogP contribution in [0.15, 0.2) is 0 Å². The Hall–Kier alpha value is 0.985. The lowest BCUT2D eigenvalue weighted by Crippen LogP contribution is -2.17. The lowest BCUT2D eigenvalue weighted by Gasteiger charge is -2.07. The number of hydrogen-bond donors (Lipinski definition) is 0. The van der Waals surface area contributed by atoms with Gasteiger partial charge in [0.25, 0.3) is 0 Å². The second-order valence-corrected chi connectivity index (χ2v) is 7.27. The SMILES string of the molecule is C[CH2][Al][O][Al]([CH2]C)[CH2]C.O. The molecule has 0 rings (SSSR count). The minimum atomic E-state index is -0.673. The predicted octanol–water partition coefficient (Wildman–Crippen LogP) is 1.27. The lowest BCUT2D eigenvalue weighted by molar-refractivity contribution is 0.605. The molecule has 0 atom stereocenters. The molecule has 0 aliphatic carbocycles. The second-order valence-electron chi connectivity index (χ2n) is 2.15. The molecule has 0 bridgehead atoms. The molecule has 0 aliphatic heterocycles. The van der Waals surface area contributed by atoms with Crippen LogP contribution in [-0.2, 0) is 2.84 Å². The normalized spacial score (nSPS) is 8.30. The lowest BCUT2D eigenvalue weighted by atomic mass is 10.9. The molecular weight excluding hydrogens is 158 g/mol. The first-order chi connectivity index (χ1) is 4.35. The summed E-state index contributed by atoms with van der Waals surface area (Å²) in [5.41, 5.74) is 0. The number of hydrogen-bond acceptors (Lipinski definition) is 1. The summed E-state index contributed by atoms with van der Waals surface area (Å²) in [5.74, 6) is 0. The summed E-state index contributed by atoms with van der Waals surface area (Å²) in [6.45, 7) is 6.69. The predicted molar refractivity (Wildman–Crippen MR) is 47.6 cm³/mol. The van der Waals surface area contributed by atoms with Gasteiger partial charge in [-0.2, -0.15) is 0 Å². The Bertz CT molecular complexity index is 57.7. The van der Waals surface area contributed by atoms with E-state index in [0.717, 1.165) is 0 Å². The van der Waals surface area contributed by atoms with Gasteiger partial charge in [-0.3, -0.25) is 0 Å². The zero-order chi connectivity index (χ0) is 7.11. The highest BCUT2D eigenvalue weighted by molar-refractivity contribution is 6.58. The average Bonchev–Trinajstić information content (AvgIpc) is 1.91. The van der Waals surface area contributed by atoms with Crippen molar-refractivity contribution in [1.82, 2.24) is 0 Å². The van der Waals surface area contributed by atoms with Gasteiger partial charge in [0.15, 0.2) is 0 Å². The third-order valence-corrected chi connectivity index (χ3v) is 5.83. The van der Waals surface area contributed by atoms with Gasteiger partial charge < -0.3 is 8.32 Å². The monoisotopic (exact) mass is 175 g/mol. The Morgan fingerprint density at radius 1 is 1.20 bits per heavy atom. The number of rotatable bonds is 5. The van der Waals surface area contributed by atoms with Crippen LogP contribution in [0.3, 0.4) is 0 Å². The van der Waals surface area contributed by atoms with E-state index in [2.05, 4.69) is 20.8 Å². The van der Waals surface area contributed by atoms with E-state index in [9.17, 15) is 0 Å². The van der Waals surface area contributed by atoms with Gasteiger partial charge in [0.2, 0.25) is 0 Å². The molecule has 4 heteroatoms. The first-order valence-electron chi connectivity index (χ1n) is 3.82. The Kier molecular flexibility index (Phi) is 13.5. The molecule has 2 nitrogen and oxygen atoms in total. The van der Waals surface area contributed by atoms with E-state index in [0.29, 0.717) is 15.6 Å². The third kappa shape index (κ3) is 7.10. The molecule has 0 aromatic rings. The highest BCUT2D eigenvalue weighted by atomic mass is 27.3. The van der Waals surface area contributed by atoms with Crippen LogP contribution in [0.25, 0.3) is 0 Å². The van der Waals surface area contributed by atoms with E-state index < -0.39 is 14.5 Å². The highest BCUT2D eigenvalue weighted by Gasteiger charge is 2.12. The molecular formula is C6H17Al2O2. The molecule has 0 aliphatic rings. The van der Waals surface area contributed by atoms with Crippen molar-refractivity contribution in [2.24, 2.45) is 0 Å². The van der Waals surface area contributed by atoms with E-state index in [1.807, 2.05) is 0 Å². The summed E-state index contributed by atoms with van der Waals surface area (Å²) in [7, 11) is 0. The molecule has 0 fully saturated rings. The zero-order valence-electron chi connectivity index (χ0n) is 7.18. The molecule has 0 spiro atoms. The van der Waals surface area contributed by atoms with Gasteiger partial charge in [-0.15, -0.1) is 0 Å². The van der Waals surface area contributed by atoms with E-state index in [-0.39, 0.29) is 5.48 Å². The van der Waals surface area contributed by atoms with Crippen molar-refractivity contribution in [3.8, 4) is 0 Å². The first kappa shape index (κ1) is 13.6. The van der Waals surface area contributed by atoms with Crippen molar-refractivity contribution in [3.63, 3.8) is 0 Å². The molecule has 0 saturated heterocycles. The van der Waals surface area contributed by atoms with Crippen LogP contribution < -0.4 is 0 Å². The van der Waals surface area contributed by atoms with E-state index in [4.69, 9.17) is 2.84 Å². The summed E-state index contributed by atoms with van der Waals surface area (Å²) in [5, 5.41) is 3.87. The van der Waals surface area contributed by atoms with Gasteiger partial charge in [0, 0.05) is 0 Å². The topological polar surface area (TPSA) is 40.7 Å². The first-order valence-corrected chi connectivity index (χ1v) is 7.21. The van der Waals surface area contributed by atoms with Crippen molar-refractivity contribution in [1.29, 1.82) is 0 Å². The van der Waals surface area contributed by atoms with E-state index in [1.165, 1.54) is 15.8 Å². The minimum Gasteiger partial charge on any atom is -0.643 e. The van der Waals surface area contributed by atoms with Crippen molar-refractivity contribution in [3.05, 3.63) is 0 Å². The summed E-state index contributed by atoms with van der Waals surface area (Å²) in [6.07, 6.45) is 0. The smallest absolute Gasteiger partial charge is 0.429 e.